The molecule has 0 radical (unpaired) electrons. The Labute approximate surface area is 219 Å². The molecular weight excluding hydrogens is 492 g/mol. The summed E-state index contributed by atoms with van der Waals surface area (Å²) in [5, 5.41) is 34.7. The highest BCUT2D eigenvalue weighted by molar-refractivity contribution is 7.14. The topological polar surface area (TPSA) is 173 Å². The minimum Gasteiger partial charge on any atom is -0.397 e. The van der Waals surface area contributed by atoms with Crippen molar-refractivity contribution in [2.24, 2.45) is 5.92 Å². The van der Waals surface area contributed by atoms with Gasteiger partial charge >= 0.3 is 0 Å². The molecule has 0 aliphatic carbocycles. The molecule has 3 aromatic rings. The van der Waals surface area contributed by atoms with E-state index in [1.54, 1.807) is 17.5 Å². The first kappa shape index (κ1) is 26.4. The lowest BCUT2D eigenvalue weighted by Crippen LogP contribution is -2.38. The van der Waals surface area contributed by atoms with Gasteiger partial charge in [0.1, 0.15) is 28.2 Å². The SMILES string of the molecule is N#Cc1c(N)cc(C(=O)NCC2CCN(Cc3cnc(-c4ccccn4)s3)CC2)nc1NC(CO)CO. The van der Waals surface area contributed by atoms with Crippen molar-refractivity contribution < 1.29 is 15.0 Å². The van der Waals surface area contributed by atoms with Crippen LogP contribution in [0.3, 0.4) is 0 Å². The van der Waals surface area contributed by atoms with E-state index >= 15 is 0 Å². The molecule has 1 aliphatic rings. The molecule has 0 aromatic carbocycles. The zero-order chi connectivity index (χ0) is 26.2. The molecule has 0 spiro atoms. The van der Waals surface area contributed by atoms with Gasteiger partial charge in [0.2, 0.25) is 0 Å². The van der Waals surface area contributed by atoms with Crippen LogP contribution in [0.1, 0.15) is 33.8 Å². The molecule has 37 heavy (non-hydrogen) atoms. The molecule has 0 atom stereocenters. The predicted octanol–water partition coefficient (Wildman–Crippen LogP) is 1.46. The second-order valence-electron chi connectivity index (χ2n) is 8.91. The predicted molar refractivity (Wildman–Crippen MR) is 141 cm³/mol. The minimum absolute atomic E-state index is 0.0586. The van der Waals surface area contributed by atoms with Crippen LogP contribution in [0.15, 0.2) is 36.7 Å². The van der Waals surface area contributed by atoms with Gasteiger partial charge in [-0.2, -0.15) is 5.26 Å². The Balaban J connectivity index is 1.28. The molecule has 1 saturated heterocycles. The van der Waals surface area contributed by atoms with Crippen molar-refractivity contribution in [1.82, 2.24) is 25.2 Å². The number of hydrogen-bond donors (Lipinski definition) is 5. The van der Waals surface area contributed by atoms with Crippen LogP contribution < -0.4 is 16.4 Å². The number of nitrogens with zero attached hydrogens (tertiary/aromatic N) is 5. The first-order valence-corrected chi connectivity index (χ1v) is 12.9. The lowest BCUT2D eigenvalue weighted by Gasteiger charge is -2.31. The molecule has 4 rings (SSSR count). The number of anilines is 2. The Hall–Kier alpha value is -3.63. The van der Waals surface area contributed by atoms with Crippen molar-refractivity contribution in [2.45, 2.75) is 25.4 Å². The zero-order valence-corrected chi connectivity index (χ0v) is 21.1. The van der Waals surface area contributed by atoms with E-state index in [0.717, 1.165) is 43.2 Å². The Bertz CT molecular complexity index is 1230. The number of aliphatic hydroxyl groups is 2. The quantitative estimate of drug-likeness (QED) is 0.262. The molecule has 0 bridgehead atoms. The monoisotopic (exact) mass is 522 g/mol. The molecule has 6 N–H and O–H groups in total. The first-order valence-electron chi connectivity index (χ1n) is 12.1. The van der Waals surface area contributed by atoms with Gasteiger partial charge in [-0.1, -0.05) is 6.07 Å². The average Bonchev–Trinajstić information content (AvgIpc) is 3.40. The number of carbonyl (C=O) groups excluding carboxylic acids is 1. The number of nitrogens with one attached hydrogen (secondary N) is 2. The van der Waals surface area contributed by atoms with E-state index in [4.69, 9.17) is 5.73 Å². The summed E-state index contributed by atoms with van der Waals surface area (Å²) >= 11 is 1.66. The average molecular weight is 523 g/mol. The first-order chi connectivity index (χ1) is 18.0. The largest absolute Gasteiger partial charge is 0.397 e. The van der Waals surface area contributed by atoms with Gasteiger partial charge in [-0.05, 0) is 50.0 Å². The maximum absolute atomic E-state index is 12.8. The Morgan fingerprint density at radius 3 is 2.73 bits per heavy atom. The van der Waals surface area contributed by atoms with Gasteiger partial charge in [0.25, 0.3) is 5.91 Å². The normalized spacial score (nSPS) is 14.4. The minimum atomic E-state index is -0.728. The molecule has 1 aliphatic heterocycles. The second kappa shape index (κ2) is 12.6. The summed E-state index contributed by atoms with van der Waals surface area (Å²) in [6, 6.07) is 8.39. The molecule has 0 saturated carbocycles. The van der Waals surface area contributed by atoms with Gasteiger partial charge in [-0.25, -0.2) is 9.97 Å². The molecule has 4 heterocycles. The summed E-state index contributed by atoms with van der Waals surface area (Å²) in [5.41, 5.74) is 7.07. The van der Waals surface area contributed by atoms with Gasteiger partial charge in [-0.3, -0.25) is 14.7 Å². The van der Waals surface area contributed by atoms with Crippen molar-refractivity contribution in [1.29, 1.82) is 5.26 Å². The maximum atomic E-state index is 12.8. The lowest BCUT2D eigenvalue weighted by molar-refractivity contribution is 0.0930. The van der Waals surface area contributed by atoms with Gasteiger partial charge < -0.3 is 26.6 Å². The summed E-state index contributed by atoms with van der Waals surface area (Å²) in [6.07, 6.45) is 5.60. The lowest BCUT2D eigenvalue weighted by atomic mass is 9.96. The van der Waals surface area contributed by atoms with E-state index in [9.17, 15) is 20.3 Å². The van der Waals surface area contributed by atoms with Crippen molar-refractivity contribution in [3.8, 4) is 16.8 Å². The number of hydrogen-bond acceptors (Lipinski definition) is 11. The number of nitrogens with two attached hydrogens (primary N) is 1. The van der Waals surface area contributed by atoms with Crippen LogP contribution in [0.5, 0.6) is 0 Å². The molecular formula is C25H30N8O3S. The van der Waals surface area contributed by atoms with Crippen LogP contribution in [-0.4, -0.2) is 74.9 Å². The molecule has 1 fully saturated rings. The Kier molecular flexibility index (Phi) is 8.97. The number of nitriles is 1. The number of thiazole rings is 1. The van der Waals surface area contributed by atoms with Crippen molar-refractivity contribution in [3.05, 3.63) is 52.8 Å². The number of piperidine rings is 1. The third-order valence-electron chi connectivity index (χ3n) is 6.25. The number of aliphatic hydroxyl groups excluding tert-OH is 2. The number of rotatable bonds is 10. The zero-order valence-electron chi connectivity index (χ0n) is 20.3. The van der Waals surface area contributed by atoms with E-state index in [-0.39, 0.29) is 36.0 Å². The van der Waals surface area contributed by atoms with E-state index < -0.39 is 11.9 Å². The van der Waals surface area contributed by atoms with Crippen LogP contribution in [-0.2, 0) is 6.54 Å². The van der Waals surface area contributed by atoms with E-state index in [1.807, 2.05) is 30.5 Å². The molecule has 12 heteroatoms. The van der Waals surface area contributed by atoms with Crippen LogP contribution in [0.4, 0.5) is 11.5 Å². The van der Waals surface area contributed by atoms with Crippen LogP contribution in [0.25, 0.3) is 10.7 Å². The fourth-order valence-electron chi connectivity index (χ4n) is 4.13. The number of nitrogen functional groups attached to an aromatic ring is 1. The van der Waals surface area contributed by atoms with E-state index in [1.165, 1.54) is 10.9 Å². The molecule has 0 unspecified atom stereocenters. The summed E-state index contributed by atoms with van der Waals surface area (Å²) in [7, 11) is 0. The highest BCUT2D eigenvalue weighted by atomic mass is 32.1. The molecule has 11 nitrogen and oxygen atoms in total. The van der Waals surface area contributed by atoms with Crippen molar-refractivity contribution in [3.63, 3.8) is 0 Å². The third kappa shape index (κ3) is 6.78. The van der Waals surface area contributed by atoms with Crippen LogP contribution in [0.2, 0.25) is 0 Å². The maximum Gasteiger partial charge on any atom is 0.270 e. The van der Waals surface area contributed by atoms with Crippen molar-refractivity contribution >= 4 is 28.7 Å². The van der Waals surface area contributed by atoms with Gasteiger partial charge in [-0.15, -0.1) is 11.3 Å². The highest BCUT2D eigenvalue weighted by Crippen LogP contribution is 2.26. The number of carbonyl (C=O) groups is 1. The van der Waals surface area contributed by atoms with Gasteiger partial charge in [0.05, 0.1) is 30.6 Å². The Morgan fingerprint density at radius 1 is 1.27 bits per heavy atom. The molecule has 194 valence electrons. The van der Waals surface area contributed by atoms with E-state index in [0.29, 0.717) is 12.5 Å². The molecule has 3 aromatic heterocycles. The second-order valence-corrected chi connectivity index (χ2v) is 10.0. The smallest absolute Gasteiger partial charge is 0.270 e. The number of likely N-dealkylation sites (tertiary alicyclic amines) is 1. The van der Waals surface area contributed by atoms with Crippen LogP contribution >= 0.6 is 11.3 Å². The summed E-state index contributed by atoms with van der Waals surface area (Å²) < 4.78 is 0. The molecule has 1 amide bonds. The van der Waals surface area contributed by atoms with E-state index in [2.05, 4.69) is 30.5 Å². The van der Waals surface area contributed by atoms with Crippen molar-refractivity contribution in [2.75, 3.05) is 43.9 Å². The number of aromatic nitrogens is 3. The fourth-order valence-corrected chi connectivity index (χ4v) is 5.06. The Morgan fingerprint density at radius 2 is 2.05 bits per heavy atom. The van der Waals surface area contributed by atoms with Gasteiger partial charge in [0.15, 0.2) is 0 Å². The summed E-state index contributed by atoms with van der Waals surface area (Å²) in [6.45, 7) is 2.47. The number of pyridine rings is 2. The number of amides is 1. The third-order valence-corrected chi connectivity index (χ3v) is 7.26. The fraction of sp³-hybridized carbons (Fsp3) is 0.400. The summed E-state index contributed by atoms with van der Waals surface area (Å²) in [4.78, 5) is 29.5. The standard InChI is InChI=1S/C25H30N8O3S/c26-10-19-20(27)9-22(32-23(19)31-17(14-34)15-35)24(36)29-11-16-4-7-33(8-5-16)13-18-12-30-25(37-18)21-3-1-2-6-28-21/h1-3,6,9,12,16-17,34-35H,4-5,7-8,11,13-15H2,(H,29,36)(H3,27,31,32). The van der Waals surface area contributed by atoms with Crippen LogP contribution in [0, 0.1) is 17.2 Å². The summed E-state index contributed by atoms with van der Waals surface area (Å²) in [5.74, 6) is 0.00785. The van der Waals surface area contributed by atoms with Gasteiger partial charge in [0, 0.05) is 30.4 Å². The highest BCUT2D eigenvalue weighted by Gasteiger charge is 2.22.